The molecule has 0 spiro atoms. The zero-order valence-corrected chi connectivity index (χ0v) is 14.2. The zero-order valence-electron chi connectivity index (χ0n) is 13.5. The summed E-state index contributed by atoms with van der Waals surface area (Å²) in [4.78, 5) is 14.7. The molecule has 2 fully saturated rings. The maximum absolute atomic E-state index is 12.7. The molecule has 1 aliphatic heterocycles. The van der Waals surface area contributed by atoms with Gasteiger partial charge in [0.2, 0.25) is 5.91 Å². The molecule has 1 amide bonds. The van der Waals surface area contributed by atoms with Crippen molar-refractivity contribution in [2.75, 3.05) is 6.54 Å². The van der Waals surface area contributed by atoms with Crippen molar-refractivity contribution in [2.45, 2.75) is 57.1 Å². The Balaban J connectivity index is 1.63. The van der Waals surface area contributed by atoms with E-state index in [0.29, 0.717) is 11.4 Å². The van der Waals surface area contributed by atoms with Crippen molar-refractivity contribution < 1.29 is 15.0 Å². The van der Waals surface area contributed by atoms with Crippen LogP contribution in [0.4, 0.5) is 0 Å². The first kappa shape index (κ1) is 16.6. The Kier molecular flexibility index (Phi) is 4.56. The largest absolute Gasteiger partial charge is 0.508 e. The van der Waals surface area contributed by atoms with Gasteiger partial charge in [-0.25, -0.2) is 0 Å². The van der Waals surface area contributed by atoms with Crippen LogP contribution in [0, 0.1) is 5.92 Å². The summed E-state index contributed by atoms with van der Waals surface area (Å²) < 4.78 is 0. The first-order valence-corrected chi connectivity index (χ1v) is 8.74. The third kappa shape index (κ3) is 3.64. The fraction of sp³-hybridized carbons (Fsp3) is 0.611. The minimum atomic E-state index is -0.571. The van der Waals surface area contributed by atoms with E-state index < -0.39 is 5.60 Å². The lowest BCUT2D eigenvalue weighted by molar-refractivity contribution is -0.134. The summed E-state index contributed by atoms with van der Waals surface area (Å²) in [5, 5.41) is 20.0. The van der Waals surface area contributed by atoms with Crippen LogP contribution in [0.3, 0.4) is 0 Å². The predicted octanol–water partition coefficient (Wildman–Crippen LogP) is 3.13. The molecule has 23 heavy (non-hydrogen) atoms. The van der Waals surface area contributed by atoms with Crippen LogP contribution >= 0.6 is 11.6 Å². The van der Waals surface area contributed by atoms with Crippen molar-refractivity contribution in [1.82, 2.24) is 4.90 Å². The number of halogens is 1. The molecule has 126 valence electrons. The van der Waals surface area contributed by atoms with Crippen LogP contribution in [0.1, 0.15) is 44.6 Å². The van der Waals surface area contributed by atoms with E-state index in [1.807, 2.05) is 11.8 Å². The highest BCUT2D eigenvalue weighted by Gasteiger charge is 2.39. The number of amides is 1. The van der Waals surface area contributed by atoms with Crippen LogP contribution in [0.5, 0.6) is 5.75 Å². The van der Waals surface area contributed by atoms with Crippen molar-refractivity contribution in [2.24, 2.45) is 5.92 Å². The van der Waals surface area contributed by atoms with Gasteiger partial charge >= 0.3 is 0 Å². The van der Waals surface area contributed by atoms with Gasteiger partial charge < -0.3 is 15.1 Å². The molecule has 3 rings (SSSR count). The molecule has 1 aromatic rings. The second-order valence-corrected chi connectivity index (χ2v) is 7.63. The Morgan fingerprint density at radius 2 is 2.00 bits per heavy atom. The number of phenols is 1. The van der Waals surface area contributed by atoms with E-state index in [1.54, 1.807) is 12.1 Å². The Bertz CT molecular complexity index is 592. The highest BCUT2D eigenvalue weighted by Crippen LogP contribution is 2.35. The van der Waals surface area contributed by atoms with Crippen LogP contribution in [-0.2, 0) is 11.2 Å². The van der Waals surface area contributed by atoms with Crippen molar-refractivity contribution in [3.05, 3.63) is 28.8 Å². The molecule has 4 nitrogen and oxygen atoms in total. The molecule has 2 N–H and O–H groups in total. The predicted molar refractivity (Wildman–Crippen MR) is 89.5 cm³/mol. The molecule has 1 unspecified atom stereocenters. The minimum Gasteiger partial charge on any atom is -0.508 e. The summed E-state index contributed by atoms with van der Waals surface area (Å²) >= 11 is 6.16. The number of benzene rings is 1. The molecule has 1 atom stereocenters. The molecule has 0 bridgehead atoms. The summed E-state index contributed by atoms with van der Waals surface area (Å²) in [6, 6.07) is 5.20. The lowest BCUT2D eigenvalue weighted by Gasteiger charge is -2.37. The Labute approximate surface area is 142 Å². The number of likely N-dealkylation sites (tertiary alicyclic amines) is 1. The molecule has 1 aromatic carbocycles. The average molecular weight is 338 g/mol. The second-order valence-electron chi connectivity index (χ2n) is 7.23. The molecule has 0 radical (unpaired) electrons. The van der Waals surface area contributed by atoms with E-state index in [-0.39, 0.29) is 23.6 Å². The maximum Gasteiger partial charge on any atom is 0.226 e. The average Bonchev–Trinajstić information content (AvgIpc) is 2.83. The standard InChI is InChI=1S/C18H24ClNO3/c1-18(23)7-4-14(5-8-18)20-9-6-13(17(20)22)10-12-2-3-15(21)11-16(12)19/h2-3,11,13-14,21,23H,4-10H2,1H3. The number of hydrogen-bond donors (Lipinski definition) is 2. The molecule has 2 aliphatic rings. The summed E-state index contributed by atoms with van der Waals surface area (Å²) in [7, 11) is 0. The number of carbonyl (C=O) groups is 1. The summed E-state index contributed by atoms with van der Waals surface area (Å²) in [5.41, 5.74) is 0.342. The monoisotopic (exact) mass is 337 g/mol. The minimum absolute atomic E-state index is 0.0283. The SMILES string of the molecule is CC1(O)CCC(N2CCC(Cc3ccc(O)cc3Cl)C2=O)CC1. The molecule has 5 heteroatoms. The third-order valence-corrected chi connectivity index (χ3v) is 5.68. The van der Waals surface area contributed by atoms with Crippen molar-refractivity contribution in [3.8, 4) is 5.75 Å². The number of phenolic OH excluding ortho intramolecular Hbond substituents is 1. The van der Waals surface area contributed by atoms with Gasteiger partial charge in [-0.05, 0) is 63.1 Å². The van der Waals surface area contributed by atoms with Gasteiger partial charge in [0.05, 0.1) is 5.60 Å². The number of nitrogens with zero attached hydrogens (tertiary/aromatic N) is 1. The van der Waals surface area contributed by atoms with E-state index in [1.165, 1.54) is 6.07 Å². The second kappa shape index (κ2) is 6.33. The fourth-order valence-electron chi connectivity index (χ4n) is 3.82. The van der Waals surface area contributed by atoms with Gasteiger partial charge in [-0.1, -0.05) is 17.7 Å². The van der Waals surface area contributed by atoms with Gasteiger partial charge in [-0.3, -0.25) is 4.79 Å². The third-order valence-electron chi connectivity index (χ3n) is 5.33. The summed E-state index contributed by atoms with van der Waals surface area (Å²) in [6.07, 6.45) is 4.75. The van der Waals surface area contributed by atoms with Crippen LogP contribution < -0.4 is 0 Å². The molecular formula is C18H24ClNO3. The number of aromatic hydroxyl groups is 1. The number of aliphatic hydroxyl groups is 1. The first-order valence-electron chi connectivity index (χ1n) is 8.36. The lowest BCUT2D eigenvalue weighted by Crippen LogP contribution is -2.43. The van der Waals surface area contributed by atoms with E-state index in [2.05, 4.69) is 0 Å². The van der Waals surface area contributed by atoms with Crippen LogP contribution in [0.15, 0.2) is 18.2 Å². The van der Waals surface area contributed by atoms with E-state index in [9.17, 15) is 15.0 Å². The number of rotatable bonds is 3. The highest BCUT2D eigenvalue weighted by atomic mass is 35.5. The number of carbonyl (C=O) groups excluding carboxylic acids is 1. The normalized spacial score (nSPS) is 31.6. The Hall–Kier alpha value is -1.26. The van der Waals surface area contributed by atoms with Crippen molar-refractivity contribution in [1.29, 1.82) is 0 Å². The summed E-state index contributed by atoms with van der Waals surface area (Å²) in [5.74, 6) is 0.326. The van der Waals surface area contributed by atoms with E-state index >= 15 is 0 Å². The van der Waals surface area contributed by atoms with Gasteiger partial charge in [0.1, 0.15) is 5.75 Å². The quantitative estimate of drug-likeness (QED) is 0.890. The van der Waals surface area contributed by atoms with Crippen LogP contribution in [0.25, 0.3) is 0 Å². The molecule has 1 saturated carbocycles. The van der Waals surface area contributed by atoms with Gasteiger partial charge in [0.25, 0.3) is 0 Å². The smallest absolute Gasteiger partial charge is 0.226 e. The molecule has 1 heterocycles. The molecule has 1 aliphatic carbocycles. The Morgan fingerprint density at radius 3 is 2.65 bits per heavy atom. The topological polar surface area (TPSA) is 60.8 Å². The van der Waals surface area contributed by atoms with Gasteiger partial charge in [0.15, 0.2) is 0 Å². The van der Waals surface area contributed by atoms with Crippen molar-refractivity contribution >= 4 is 17.5 Å². The highest BCUT2D eigenvalue weighted by molar-refractivity contribution is 6.31. The summed E-state index contributed by atoms with van der Waals surface area (Å²) in [6.45, 7) is 2.68. The first-order chi connectivity index (χ1) is 10.9. The van der Waals surface area contributed by atoms with Crippen LogP contribution in [0.2, 0.25) is 5.02 Å². The van der Waals surface area contributed by atoms with Gasteiger partial charge in [-0.2, -0.15) is 0 Å². The van der Waals surface area contributed by atoms with Crippen LogP contribution in [-0.4, -0.2) is 39.2 Å². The zero-order chi connectivity index (χ0) is 16.6. The van der Waals surface area contributed by atoms with Crippen molar-refractivity contribution in [3.63, 3.8) is 0 Å². The van der Waals surface area contributed by atoms with Gasteiger partial charge in [0, 0.05) is 23.5 Å². The molecule has 0 aromatic heterocycles. The molecular weight excluding hydrogens is 314 g/mol. The van der Waals surface area contributed by atoms with E-state index in [0.717, 1.165) is 44.2 Å². The van der Waals surface area contributed by atoms with Gasteiger partial charge in [-0.15, -0.1) is 0 Å². The lowest BCUT2D eigenvalue weighted by atomic mass is 9.83. The molecule has 1 saturated heterocycles. The van der Waals surface area contributed by atoms with E-state index in [4.69, 9.17) is 11.6 Å². The fourth-order valence-corrected chi connectivity index (χ4v) is 4.07. The Morgan fingerprint density at radius 1 is 1.30 bits per heavy atom. The maximum atomic E-state index is 12.7. The number of hydrogen-bond acceptors (Lipinski definition) is 3.